The molecule has 6 heteroatoms. The van der Waals surface area contributed by atoms with Crippen LogP contribution in [0.3, 0.4) is 0 Å². The highest BCUT2D eigenvalue weighted by atomic mass is 16.6. The summed E-state index contributed by atoms with van der Waals surface area (Å²) in [5.74, 6) is -0.333. The summed E-state index contributed by atoms with van der Waals surface area (Å²) in [5, 5.41) is 19.5. The summed E-state index contributed by atoms with van der Waals surface area (Å²) in [7, 11) is 1.54. The average Bonchev–Trinajstić information content (AvgIpc) is 2.28. The molecule has 1 amide bonds. The van der Waals surface area contributed by atoms with Crippen LogP contribution >= 0.6 is 0 Å². The van der Waals surface area contributed by atoms with E-state index in [1.165, 1.54) is 31.0 Å². The predicted octanol–water partition coefficient (Wildman–Crippen LogP) is 0.968. The minimum atomic E-state index is -0.516. The van der Waals surface area contributed by atoms with Gasteiger partial charge >= 0.3 is 0 Å². The summed E-state index contributed by atoms with van der Waals surface area (Å²) < 4.78 is 0. The molecule has 0 aliphatic heterocycles. The van der Waals surface area contributed by atoms with Crippen molar-refractivity contribution in [3.05, 3.63) is 39.4 Å². The van der Waals surface area contributed by atoms with E-state index in [-0.39, 0.29) is 30.3 Å². The fourth-order valence-corrected chi connectivity index (χ4v) is 1.51. The van der Waals surface area contributed by atoms with Crippen LogP contribution in [-0.2, 0) is 0 Å². The molecule has 0 heterocycles. The van der Waals surface area contributed by atoms with Crippen molar-refractivity contribution >= 4 is 11.6 Å². The van der Waals surface area contributed by atoms with Gasteiger partial charge in [-0.3, -0.25) is 14.9 Å². The Labute approximate surface area is 98.6 Å². The van der Waals surface area contributed by atoms with Crippen molar-refractivity contribution in [1.82, 2.24) is 4.90 Å². The lowest BCUT2D eigenvalue weighted by Crippen LogP contribution is -2.30. The van der Waals surface area contributed by atoms with Gasteiger partial charge in [-0.1, -0.05) is 6.07 Å². The first-order valence-electron chi connectivity index (χ1n) is 5.09. The molecular formula is C11H14N2O4. The third kappa shape index (κ3) is 2.79. The maximum absolute atomic E-state index is 11.9. The first-order valence-corrected chi connectivity index (χ1v) is 5.09. The van der Waals surface area contributed by atoms with E-state index in [1.807, 2.05) is 0 Å². The molecule has 0 bridgehead atoms. The second kappa shape index (κ2) is 5.40. The number of aliphatic hydroxyl groups is 1. The lowest BCUT2D eigenvalue weighted by molar-refractivity contribution is -0.385. The largest absolute Gasteiger partial charge is 0.395 e. The Kier molecular flexibility index (Phi) is 4.17. The van der Waals surface area contributed by atoms with E-state index in [2.05, 4.69) is 0 Å². The van der Waals surface area contributed by atoms with E-state index >= 15 is 0 Å². The first-order chi connectivity index (χ1) is 7.99. The van der Waals surface area contributed by atoms with Crippen molar-refractivity contribution in [3.8, 4) is 0 Å². The Morgan fingerprint density at radius 2 is 2.18 bits per heavy atom. The lowest BCUT2D eigenvalue weighted by atomic mass is 10.1. The number of rotatable bonds is 4. The van der Waals surface area contributed by atoms with Crippen molar-refractivity contribution in [2.45, 2.75) is 6.92 Å². The van der Waals surface area contributed by atoms with Gasteiger partial charge in [0.25, 0.3) is 11.6 Å². The standard InChI is InChI=1S/C11H14N2O4/c1-8-9(11(15)12(2)6-7-14)4-3-5-10(8)13(16)17/h3-5,14H,6-7H2,1-2H3. The zero-order valence-corrected chi connectivity index (χ0v) is 9.71. The van der Waals surface area contributed by atoms with Gasteiger partial charge in [0.15, 0.2) is 0 Å². The summed E-state index contributed by atoms with van der Waals surface area (Å²) in [5.41, 5.74) is 0.552. The minimum Gasteiger partial charge on any atom is -0.395 e. The van der Waals surface area contributed by atoms with Crippen molar-refractivity contribution in [2.75, 3.05) is 20.2 Å². The number of benzene rings is 1. The second-order valence-corrected chi connectivity index (χ2v) is 3.66. The van der Waals surface area contributed by atoms with Gasteiger partial charge in [0, 0.05) is 30.8 Å². The number of likely N-dealkylation sites (N-methyl/N-ethyl adjacent to an activating group) is 1. The van der Waals surface area contributed by atoms with Crippen LogP contribution in [0.15, 0.2) is 18.2 Å². The van der Waals surface area contributed by atoms with Crippen LogP contribution in [-0.4, -0.2) is 41.0 Å². The fourth-order valence-electron chi connectivity index (χ4n) is 1.51. The monoisotopic (exact) mass is 238 g/mol. The lowest BCUT2D eigenvalue weighted by Gasteiger charge is -2.16. The van der Waals surface area contributed by atoms with Crippen LogP contribution in [0.5, 0.6) is 0 Å². The van der Waals surface area contributed by atoms with E-state index in [0.29, 0.717) is 5.56 Å². The molecule has 0 aliphatic carbocycles. The molecule has 0 atom stereocenters. The highest BCUT2D eigenvalue weighted by Crippen LogP contribution is 2.21. The maximum atomic E-state index is 11.9. The smallest absolute Gasteiger partial charge is 0.273 e. The number of nitrogens with zero attached hydrogens (tertiary/aromatic N) is 2. The van der Waals surface area contributed by atoms with E-state index in [0.717, 1.165) is 0 Å². The van der Waals surface area contributed by atoms with E-state index < -0.39 is 4.92 Å². The molecule has 0 spiro atoms. The Hall–Kier alpha value is -1.95. The number of nitro benzene ring substituents is 1. The Bertz CT molecular complexity index is 445. The highest BCUT2D eigenvalue weighted by Gasteiger charge is 2.19. The van der Waals surface area contributed by atoms with Crippen LogP contribution in [0.1, 0.15) is 15.9 Å². The topological polar surface area (TPSA) is 83.7 Å². The highest BCUT2D eigenvalue weighted by molar-refractivity contribution is 5.96. The van der Waals surface area contributed by atoms with Gasteiger partial charge in [-0.25, -0.2) is 0 Å². The Balaban J connectivity index is 3.10. The second-order valence-electron chi connectivity index (χ2n) is 3.66. The molecule has 0 aromatic heterocycles. The number of aliphatic hydroxyl groups excluding tert-OH is 1. The zero-order valence-electron chi connectivity index (χ0n) is 9.71. The Morgan fingerprint density at radius 3 is 2.71 bits per heavy atom. The van der Waals surface area contributed by atoms with Gasteiger partial charge in [-0.15, -0.1) is 0 Å². The summed E-state index contributed by atoms with van der Waals surface area (Å²) >= 11 is 0. The molecule has 1 aromatic rings. The van der Waals surface area contributed by atoms with Crippen molar-refractivity contribution < 1.29 is 14.8 Å². The SMILES string of the molecule is Cc1c(C(=O)N(C)CCO)cccc1[N+](=O)[O-]. The van der Waals surface area contributed by atoms with E-state index in [4.69, 9.17) is 5.11 Å². The van der Waals surface area contributed by atoms with Gasteiger partial charge in [-0.2, -0.15) is 0 Å². The summed E-state index contributed by atoms with van der Waals surface area (Å²) in [6, 6.07) is 4.38. The number of nitro groups is 1. The molecule has 0 aliphatic rings. The zero-order chi connectivity index (χ0) is 13.0. The summed E-state index contributed by atoms with van der Waals surface area (Å²) in [6.07, 6.45) is 0. The summed E-state index contributed by atoms with van der Waals surface area (Å²) in [4.78, 5) is 23.5. The molecule has 0 radical (unpaired) electrons. The third-order valence-electron chi connectivity index (χ3n) is 2.51. The fraction of sp³-hybridized carbons (Fsp3) is 0.364. The van der Waals surface area contributed by atoms with Crippen LogP contribution in [0.25, 0.3) is 0 Å². The average molecular weight is 238 g/mol. The van der Waals surface area contributed by atoms with Gasteiger partial charge in [0.2, 0.25) is 0 Å². The van der Waals surface area contributed by atoms with Gasteiger partial charge in [0.1, 0.15) is 0 Å². The van der Waals surface area contributed by atoms with Crippen molar-refractivity contribution in [2.24, 2.45) is 0 Å². The number of carbonyl (C=O) groups excluding carboxylic acids is 1. The Morgan fingerprint density at radius 1 is 1.53 bits per heavy atom. The van der Waals surface area contributed by atoms with Crippen molar-refractivity contribution in [3.63, 3.8) is 0 Å². The molecule has 1 N–H and O–H groups in total. The minimum absolute atomic E-state index is 0.0757. The predicted molar refractivity (Wildman–Crippen MR) is 61.9 cm³/mol. The molecule has 1 aromatic carbocycles. The molecule has 0 saturated heterocycles. The molecule has 92 valence electrons. The van der Waals surface area contributed by atoms with Crippen LogP contribution in [0.4, 0.5) is 5.69 Å². The number of hydrogen-bond donors (Lipinski definition) is 1. The molecule has 0 fully saturated rings. The van der Waals surface area contributed by atoms with Gasteiger partial charge < -0.3 is 10.0 Å². The van der Waals surface area contributed by atoms with E-state index in [9.17, 15) is 14.9 Å². The molecule has 6 nitrogen and oxygen atoms in total. The van der Waals surface area contributed by atoms with Crippen LogP contribution in [0.2, 0.25) is 0 Å². The normalized spacial score (nSPS) is 10.1. The van der Waals surface area contributed by atoms with Gasteiger partial charge in [-0.05, 0) is 13.0 Å². The van der Waals surface area contributed by atoms with Crippen LogP contribution in [0, 0.1) is 17.0 Å². The summed E-state index contributed by atoms with van der Waals surface area (Å²) in [6.45, 7) is 1.59. The molecule has 17 heavy (non-hydrogen) atoms. The maximum Gasteiger partial charge on any atom is 0.273 e. The third-order valence-corrected chi connectivity index (χ3v) is 2.51. The number of hydrogen-bond acceptors (Lipinski definition) is 4. The molecular weight excluding hydrogens is 224 g/mol. The molecule has 0 saturated carbocycles. The van der Waals surface area contributed by atoms with Crippen LogP contribution < -0.4 is 0 Å². The number of amides is 1. The molecule has 0 unspecified atom stereocenters. The van der Waals surface area contributed by atoms with E-state index in [1.54, 1.807) is 6.07 Å². The first kappa shape index (κ1) is 13.1. The molecule has 1 rings (SSSR count). The quantitative estimate of drug-likeness (QED) is 0.625. The van der Waals surface area contributed by atoms with Crippen molar-refractivity contribution in [1.29, 1.82) is 0 Å². The number of carbonyl (C=O) groups is 1. The van der Waals surface area contributed by atoms with Gasteiger partial charge in [0.05, 0.1) is 11.5 Å².